The minimum atomic E-state index is -1.15. The highest BCUT2D eigenvalue weighted by Gasteiger charge is 2.35. The van der Waals surface area contributed by atoms with Crippen LogP contribution in [0.1, 0.15) is 64.2 Å². The molecule has 0 N–H and O–H groups in total. The first-order valence-electron chi connectivity index (χ1n) is 10.1. The van der Waals surface area contributed by atoms with Crippen LogP contribution in [-0.2, 0) is 0 Å². The van der Waals surface area contributed by atoms with Crippen molar-refractivity contribution in [2.75, 3.05) is 0 Å². The van der Waals surface area contributed by atoms with E-state index in [0.29, 0.717) is 17.4 Å². The van der Waals surface area contributed by atoms with Crippen LogP contribution in [0, 0.1) is 17.5 Å². The number of benzene rings is 1. The molecule has 27 heavy (non-hydrogen) atoms. The highest BCUT2D eigenvalue weighted by atomic mass is 31.1. The maximum absolute atomic E-state index is 14.5. The Balaban J connectivity index is 1.75. The lowest BCUT2D eigenvalue weighted by molar-refractivity contribution is 0.486. The Morgan fingerprint density at radius 2 is 1.33 bits per heavy atom. The van der Waals surface area contributed by atoms with Crippen LogP contribution in [0.25, 0.3) is 5.69 Å². The molecular formula is C21H26F3N2P. The lowest BCUT2D eigenvalue weighted by Gasteiger charge is -2.38. The fourth-order valence-corrected chi connectivity index (χ4v) is 8.43. The highest BCUT2D eigenvalue weighted by molar-refractivity contribution is 7.66. The fourth-order valence-electron chi connectivity index (χ4n) is 4.71. The number of rotatable bonds is 4. The SMILES string of the molecule is Fc1cc(F)c(-n2ccnc2P(C2CCCCC2)C2CCCCC2)cc1F. The lowest BCUT2D eigenvalue weighted by atomic mass is 9.99. The zero-order valence-electron chi connectivity index (χ0n) is 15.5. The van der Waals surface area contributed by atoms with Crippen LogP contribution >= 0.6 is 7.92 Å². The Labute approximate surface area is 159 Å². The average molecular weight is 394 g/mol. The van der Waals surface area contributed by atoms with Crippen LogP contribution in [0.4, 0.5) is 13.2 Å². The molecule has 0 atom stereocenters. The Kier molecular flexibility index (Phi) is 5.87. The molecule has 0 saturated heterocycles. The number of imidazole rings is 1. The monoisotopic (exact) mass is 394 g/mol. The minimum Gasteiger partial charge on any atom is -0.297 e. The average Bonchev–Trinajstić information content (AvgIpc) is 3.16. The van der Waals surface area contributed by atoms with Gasteiger partial charge in [0.2, 0.25) is 0 Å². The smallest absolute Gasteiger partial charge is 0.161 e. The van der Waals surface area contributed by atoms with Gasteiger partial charge in [-0.15, -0.1) is 0 Å². The molecule has 0 amide bonds. The van der Waals surface area contributed by atoms with Crippen LogP contribution < -0.4 is 5.57 Å². The molecule has 1 aromatic carbocycles. The fraction of sp³-hybridized carbons (Fsp3) is 0.571. The Morgan fingerprint density at radius 1 is 0.778 bits per heavy atom. The number of halogens is 3. The van der Waals surface area contributed by atoms with Crippen LogP contribution in [0.15, 0.2) is 24.5 Å². The van der Waals surface area contributed by atoms with Gasteiger partial charge < -0.3 is 0 Å². The molecule has 2 saturated carbocycles. The van der Waals surface area contributed by atoms with Crippen molar-refractivity contribution < 1.29 is 13.2 Å². The van der Waals surface area contributed by atoms with Crippen molar-refractivity contribution >= 4 is 13.5 Å². The van der Waals surface area contributed by atoms with Gasteiger partial charge in [-0.2, -0.15) is 0 Å². The first-order chi connectivity index (χ1) is 13.1. The van der Waals surface area contributed by atoms with Crippen molar-refractivity contribution in [1.82, 2.24) is 9.55 Å². The van der Waals surface area contributed by atoms with Crippen molar-refractivity contribution in [3.05, 3.63) is 42.0 Å². The van der Waals surface area contributed by atoms with E-state index < -0.39 is 25.4 Å². The van der Waals surface area contributed by atoms with Crippen molar-refractivity contribution in [1.29, 1.82) is 0 Å². The maximum atomic E-state index is 14.5. The lowest BCUT2D eigenvalue weighted by Crippen LogP contribution is -2.30. The van der Waals surface area contributed by atoms with Gasteiger partial charge in [-0.3, -0.25) is 4.57 Å². The predicted octanol–water partition coefficient (Wildman–Crippen LogP) is 6.06. The molecule has 2 nitrogen and oxygen atoms in total. The topological polar surface area (TPSA) is 17.8 Å². The van der Waals surface area contributed by atoms with E-state index in [9.17, 15) is 13.2 Å². The van der Waals surface area contributed by atoms with Crippen molar-refractivity contribution in [2.45, 2.75) is 75.5 Å². The molecule has 0 bridgehead atoms. The van der Waals surface area contributed by atoms with Gasteiger partial charge >= 0.3 is 0 Å². The summed E-state index contributed by atoms with van der Waals surface area (Å²) in [4.78, 5) is 4.65. The van der Waals surface area contributed by atoms with Gasteiger partial charge in [0.25, 0.3) is 0 Å². The van der Waals surface area contributed by atoms with Gasteiger partial charge in [0, 0.05) is 24.5 Å². The van der Waals surface area contributed by atoms with E-state index in [0.717, 1.165) is 11.6 Å². The van der Waals surface area contributed by atoms with Gasteiger partial charge in [0.15, 0.2) is 11.6 Å². The summed E-state index contributed by atoms with van der Waals surface area (Å²) < 4.78 is 43.4. The summed E-state index contributed by atoms with van der Waals surface area (Å²) in [6.07, 6.45) is 15.8. The summed E-state index contributed by atoms with van der Waals surface area (Å²) in [5, 5.41) is 0. The summed E-state index contributed by atoms with van der Waals surface area (Å²) in [6, 6.07) is 1.60. The zero-order valence-corrected chi connectivity index (χ0v) is 16.4. The van der Waals surface area contributed by atoms with E-state index in [2.05, 4.69) is 4.98 Å². The molecule has 2 aliphatic rings. The zero-order chi connectivity index (χ0) is 18.8. The largest absolute Gasteiger partial charge is 0.297 e. The second kappa shape index (κ2) is 8.34. The molecule has 2 aliphatic carbocycles. The molecule has 146 valence electrons. The standard InChI is InChI=1S/C21H26F3N2P/c22-17-13-19(24)20(14-18(17)23)26-12-11-25-21(26)27(15-7-3-1-4-8-15)16-9-5-2-6-10-16/h11-16H,1-10H2. The van der Waals surface area contributed by atoms with E-state index in [4.69, 9.17) is 0 Å². The van der Waals surface area contributed by atoms with Crippen molar-refractivity contribution in [2.24, 2.45) is 0 Å². The number of aromatic nitrogens is 2. The Morgan fingerprint density at radius 3 is 1.93 bits per heavy atom. The summed E-state index contributed by atoms with van der Waals surface area (Å²) in [5.74, 6) is -2.92. The van der Waals surface area contributed by atoms with Gasteiger partial charge in [-0.25, -0.2) is 18.2 Å². The molecule has 0 spiro atoms. The van der Waals surface area contributed by atoms with Crippen molar-refractivity contribution in [3.63, 3.8) is 0 Å². The minimum absolute atomic E-state index is 0.0699. The first-order valence-corrected chi connectivity index (χ1v) is 11.6. The molecule has 2 aromatic rings. The third kappa shape index (κ3) is 3.94. The van der Waals surface area contributed by atoms with E-state index in [1.54, 1.807) is 17.0 Å². The first kappa shape index (κ1) is 19.0. The second-order valence-corrected chi connectivity index (χ2v) is 10.5. The number of hydrogen-bond acceptors (Lipinski definition) is 1. The third-order valence-corrected chi connectivity index (χ3v) is 9.44. The van der Waals surface area contributed by atoms with Crippen LogP contribution in [0.3, 0.4) is 0 Å². The summed E-state index contributed by atoms with van der Waals surface area (Å²) >= 11 is 0. The normalized spacial score (nSPS) is 19.7. The summed E-state index contributed by atoms with van der Waals surface area (Å²) in [7, 11) is -0.560. The van der Waals surface area contributed by atoms with Gasteiger partial charge in [-0.1, -0.05) is 38.5 Å². The summed E-state index contributed by atoms with van der Waals surface area (Å²) in [6.45, 7) is 0. The third-order valence-electron chi connectivity index (χ3n) is 6.04. The molecule has 0 radical (unpaired) electrons. The van der Waals surface area contributed by atoms with Gasteiger partial charge in [0.05, 0.1) is 5.69 Å². The van der Waals surface area contributed by atoms with Crippen LogP contribution in [0.2, 0.25) is 0 Å². The maximum Gasteiger partial charge on any atom is 0.161 e. The number of nitrogens with zero attached hydrogens (tertiary/aromatic N) is 2. The quantitative estimate of drug-likeness (QED) is 0.455. The Hall–Kier alpha value is -1.35. The van der Waals surface area contributed by atoms with E-state index in [-0.39, 0.29) is 5.69 Å². The number of hydrogen-bond donors (Lipinski definition) is 0. The molecule has 4 rings (SSSR count). The highest BCUT2D eigenvalue weighted by Crippen LogP contribution is 2.54. The van der Waals surface area contributed by atoms with Crippen LogP contribution in [0.5, 0.6) is 0 Å². The summed E-state index contributed by atoms with van der Waals surface area (Å²) in [5.41, 5.74) is 2.16. The molecule has 6 heteroatoms. The Bertz CT molecular complexity index is 762. The van der Waals surface area contributed by atoms with E-state index in [1.807, 2.05) is 0 Å². The predicted molar refractivity (Wildman–Crippen MR) is 104 cm³/mol. The van der Waals surface area contributed by atoms with Gasteiger partial charge in [0.1, 0.15) is 11.4 Å². The molecule has 1 aromatic heterocycles. The molecule has 2 fully saturated rings. The van der Waals surface area contributed by atoms with Crippen LogP contribution in [-0.4, -0.2) is 20.9 Å². The molecule has 0 unspecified atom stereocenters. The molecule has 0 aliphatic heterocycles. The van der Waals surface area contributed by atoms with E-state index >= 15 is 0 Å². The molecular weight excluding hydrogens is 368 g/mol. The van der Waals surface area contributed by atoms with E-state index in [1.165, 1.54) is 64.2 Å². The van der Waals surface area contributed by atoms with Gasteiger partial charge in [-0.05, 0) is 44.9 Å². The van der Waals surface area contributed by atoms with Crippen molar-refractivity contribution in [3.8, 4) is 5.69 Å². The second-order valence-electron chi connectivity index (χ2n) is 7.81. The molecule has 1 heterocycles.